The molecule has 0 radical (unpaired) electrons. The molecule has 1 aromatic heterocycles. The number of rotatable bonds is 8. The number of benzene rings is 4. The third-order valence-electron chi connectivity index (χ3n) is 11.0. The van der Waals surface area contributed by atoms with E-state index in [0.29, 0.717) is 46.1 Å². The van der Waals surface area contributed by atoms with Crippen molar-refractivity contribution < 1.29 is 26.4 Å². The van der Waals surface area contributed by atoms with E-state index in [0.717, 1.165) is 56.6 Å². The highest BCUT2D eigenvalue weighted by Gasteiger charge is 2.40. The first kappa shape index (κ1) is 41.4. The van der Waals surface area contributed by atoms with Gasteiger partial charge >= 0.3 is 0 Å². The summed E-state index contributed by atoms with van der Waals surface area (Å²) in [5, 5.41) is 3.44. The van der Waals surface area contributed by atoms with Crippen LogP contribution in [0.4, 0.5) is 27.9 Å². The molecule has 9 rings (SSSR count). The molecule has 5 aromatic rings. The normalized spacial score (nSPS) is 19.3. The van der Waals surface area contributed by atoms with Crippen LogP contribution in [0.1, 0.15) is 36.8 Å². The smallest absolute Gasteiger partial charge is 0.263 e. The summed E-state index contributed by atoms with van der Waals surface area (Å²) < 4.78 is 50.4. The van der Waals surface area contributed by atoms with Crippen molar-refractivity contribution in [1.29, 1.82) is 0 Å². The number of halogens is 3. The summed E-state index contributed by atoms with van der Waals surface area (Å²) in [6, 6.07) is 23.7. The fourth-order valence-electron chi connectivity index (χ4n) is 8.30. The number of carbonyl (C=O) groups is 2. The maximum Gasteiger partial charge on any atom is 0.263 e. The molecule has 2 atom stereocenters. The molecular formula is C41H39Cl3N6O6S3. The number of hydrogen-bond acceptors (Lipinski definition) is 10. The molecule has 308 valence electrons. The van der Waals surface area contributed by atoms with Gasteiger partial charge in [0.25, 0.3) is 19.1 Å². The van der Waals surface area contributed by atoms with Gasteiger partial charge in [0.15, 0.2) is 5.13 Å². The van der Waals surface area contributed by atoms with Gasteiger partial charge in [-0.05, 0) is 135 Å². The fourth-order valence-corrected chi connectivity index (χ4v) is 11.2. The van der Waals surface area contributed by atoms with Crippen molar-refractivity contribution >= 4 is 104 Å². The van der Waals surface area contributed by atoms with E-state index in [4.69, 9.17) is 33.9 Å². The van der Waals surface area contributed by atoms with E-state index in [-0.39, 0.29) is 33.7 Å². The Morgan fingerprint density at radius 1 is 0.644 bits per heavy atom. The Kier molecular flexibility index (Phi) is 11.9. The van der Waals surface area contributed by atoms with E-state index < -0.39 is 19.1 Å². The molecule has 59 heavy (non-hydrogen) atoms. The number of sulfonamides is 1. The Morgan fingerprint density at radius 2 is 1.12 bits per heavy atom. The van der Waals surface area contributed by atoms with E-state index in [1.54, 1.807) is 39.4 Å². The Labute approximate surface area is 361 Å². The van der Waals surface area contributed by atoms with Crippen molar-refractivity contribution in [3.63, 3.8) is 0 Å². The summed E-state index contributed by atoms with van der Waals surface area (Å²) in [4.78, 5) is 38.3. The Bertz CT molecular complexity index is 2600. The number of nitrogens with one attached hydrogen (secondary N) is 1. The molecular weight excluding hydrogens is 875 g/mol. The maximum absolute atomic E-state index is 13.3. The van der Waals surface area contributed by atoms with Crippen LogP contribution in [0.2, 0.25) is 10.0 Å². The summed E-state index contributed by atoms with van der Waals surface area (Å²) in [6.45, 7) is 2.85. The van der Waals surface area contributed by atoms with Crippen LogP contribution in [0.3, 0.4) is 0 Å². The summed E-state index contributed by atoms with van der Waals surface area (Å²) in [7, 11) is -2.14. The van der Waals surface area contributed by atoms with Crippen LogP contribution in [0.15, 0.2) is 106 Å². The molecule has 0 unspecified atom stereocenters. The Morgan fingerprint density at radius 3 is 1.56 bits per heavy atom. The molecule has 18 heteroatoms. The summed E-state index contributed by atoms with van der Waals surface area (Å²) in [5.41, 5.74) is 5.89. The van der Waals surface area contributed by atoms with Crippen molar-refractivity contribution in [3.8, 4) is 0 Å². The lowest BCUT2D eigenvalue weighted by Gasteiger charge is -2.35. The third kappa shape index (κ3) is 8.77. The quantitative estimate of drug-likeness (QED) is 0.154. The zero-order chi connectivity index (χ0) is 41.5. The first-order valence-electron chi connectivity index (χ1n) is 19.1. The average molecular weight is 914 g/mol. The number of anilines is 5. The van der Waals surface area contributed by atoms with Crippen molar-refractivity contribution in [1.82, 2.24) is 4.98 Å². The zero-order valence-electron chi connectivity index (χ0n) is 31.5. The lowest BCUT2D eigenvalue weighted by molar-refractivity contribution is -0.119. The number of hydrogen-bond donors (Lipinski definition) is 1. The van der Waals surface area contributed by atoms with E-state index in [1.807, 2.05) is 36.4 Å². The largest absolute Gasteiger partial charge is 0.359 e. The van der Waals surface area contributed by atoms with Gasteiger partial charge in [-0.1, -0.05) is 23.2 Å². The molecule has 2 amide bonds. The Balaban J connectivity index is 0.000000167. The van der Waals surface area contributed by atoms with Gasteiger partial charge in [-0.25, -0.2) is 21.8 Å². The molecule has 0 saturated carbocycles. The van der Waals surface area contributed by atoms with Crippen molar-refractivity contribution in [3.05, 3.63) is 118 Å². The van der Waals surface area contributed by atoms with Gasteiger partial charge in [-0.2, -0.15) is 0 Å². The number of carbonyl (C=O) groups excluding carboxylic acids is 2. The minimum Gasteiger partial charge on any atom is -0.359 e. The average Bonchev–Trinajstić information content (AvgIpc) is 3.97. The third-order valence-corrected chi connectivity index (χ3v) is 15.1. The second-order valence-corrected chi connectivity index (χ2v) is 20.6. The highest BCUT2D eigenvalue weighted by Crippen LogP contribution is 2.37. The van der Waals surface area contributed by atoms with Gasteiger partial charge in [0.05, 0.1) is 9.79 Å². The van der Waals surface area contributed by atoms with Crippen molar-refractivity contribution in [2.24, 2.45) is 0 Å². The van der Waals surface area contributed by atoms with Crippen LogP contribution in [-0.2, 0) is 41.5 Å². The first-order valence-corrected chi connectivity index (χ1v) is 24.5. The number of fused-ring (bicyclic) bond motifs is 2. The van der Waals surface area contributed by atoms with Crippen LogP contribution in [-0.4, -0.2) is 71.9 Å². The van der Waals surface area contributed by atoms with Gasteiger partial charge in [0.1, 0.15) is 12.1 Å². The second-order valence-electron chi connectivity index (χ2n) is 14.6. The predicted molar refractivity (Wildman–Crippen MR) is 235 cm³/mol. The van der Waals surface area contributed by atoms with Gasteiger partial charge in [-0.3, -0.25) is 14.3 Å². The van der Waals surface area contributed by atoms with Crippen molar-refractivity contribution in [2.75, 3.05) is 50.5 Å². The second kappa shape index (κ2) is 16.9. The molecule has 4 aromatic carbocycles. The molecule has 0 aliphatic carbocycles. The molecule has 0 bridgehead atoms. The lowest BCUT2D eigenvalue weighted by atomic mass is 9.99. The van der Waals surface area contributed by atoms with Crippen LogP contribution in [0.5, 0.6) is 0 Å². The standard InChI is InChI=1S/C22H21ClN4O3S2.C19H18Cl2N2O3S/c23-16-3-8-19-15(14-16)2-1-11-27(19)20-9-12-26(21(20)28)17-4-6-18(7-5-17)32(29,30)25-22-24-10-13-31-22;20-14-3-8-17-13(12-14)2-1-10-23(17)18-9-11-22(19(18)24)15-4-6-16(7-5-15)27(21,25)26/h3-8,10,13-14,20H,1-2,9,11-12H2,(H,24,25);3-8,12,18H,1-2,9-11H2/t20-;18-/m00/s1. The monoisotopic (exact) mass is 912 g/mol. The van der Waals surface area contributed by atoms with Gasteiger partial charge in [-0.15, -0.1) is 11.3 Å². The van der Waals surface area contributed by atoms with E-state index in [1.165, 1.54) is 52.9 Å². The van der Waals surface area contributed by atoms with E-state index >= 15 is 0 Å². The zero-order valence-corrected chi connectivity index (χ0v) is 36.2. The number of thiazole rings is 1. The molecule has 5 heterocycles. The van der Waals surface area contributed by atoms with Gasteiger partial charge < -0.3 is 19.6 Å². The summed E-state index contributed by atoms with van der Waals surface area (Å²) in [6.07, 6.45) is 6.86. The first-order chi connectivity index (χ1) is 28.3. The molecule has 4 aliphatic rings. The highest BCUT2D eigenvalue weighted by atomic mass is 35.7. The number of aromatic nitrogens is 1. The number of nitrogens with zero attached hydrogens (tertiary/aromatic N) is 5. The van der Waals surface area contributed by atoms with E-state index in [2.05, 4.69) is 19.5 Å². The number of amides is 2. The highest BCUT2D eigenvalue weighted by molar-refractivity contribution is 8.13. The molecule has 2 saturated heterocycles. The van der Waals surface area contributed by atoms with Crippen molar-refractivity contribution in [2.45, 2.75) is 60.4 Å². The van der Waals surface area contributed by atoms with Gasteiger partial charge in [0, 0.05) is 81.2 Å². The Hall–Kier alpha value is -4.38. The molecule has 4 aliphatic heterocycles. The van der Waals surface area contributed by atoms with Gasteiger partial charge in [0.2, 0.25) is 11.8 Å². The lowest BCUT2D eigenvalue weighted by Crippen LogP contribution is -2.44. The molecule has 12 nitrogen and oxygen atoms in total. The van der Waals surface area contributed by atoms with Crippen LogP contribution in [0.25, 0.3) is 0 Å². The van der Waals surface area contributed by atoms with Crippen LogP contribution < -0.4 is 24.3 Å². The molecule has 1 N–H and O–H groups in total. The van der Waals surface area contributed by atoms with Crippen LogP contribution in [0, 0.1) is 0 Å². The fraction of sp³-hybridized carbons (Fsp3) is 0.293. The van der Waals surface area contributed by atoms with Crippen LogP contribution >= 0.6 is 45.2 Å². The minimum atomic E-state index is -3.77. The van der Waals surface area contributed by atoms with E-state index in [9.17, 15) is 26.4 Å². The maximum atomic E-state index is 13.3. The molecule has 2 fully saturated rings. The minimum absolute atomic E-state index is 0.0259. The number of aryl methyl sites for hydroxylation is 2. The summed E-state index contributed by atoms with van der Waals surface area (Å²) >= 11 is 13.5. The SMILES string of the molecule is O=C1[C@@H](N2CCCc3cc(Cl)ccc32)CCN1c1ccc(S(=O)(=O)Cl)cc1.O=C1[C@@H](N2CCCc3cc(Cl)ccc32)CCN1c1ccc(S(=O)(=O)Nc2nccs2)cc1. The predicted octanol–water partition coefficient (Wildman–Crippen LogP) is 7.98. The summed E-state index contributed by atoms with van der Waals surface area (Å²) in [5.74, 6) is 0.0589. The molecule has 0 spiro atoms. The topological polar surface area (TPSA) is 140 Å².